The van der Waals surface area contributed by atoms with Crippen LogP contribution >= 0.6 is 0 Å². The molecule has 0 radical (unpaired) electrons. The number of hydrogen-bond acceptors (Lipinski definition) is 3. The zero-order valence-electron chi connectivity index (χ0n) is 15.1. The van der Waals surface area contributed by atoms with Gasteiger partial charge in [-0.3, -0.25) is 4.79 Å². The van der Waals surface area contributed by atoms with Crippen LogP contribution in [-0.2, 0) is 10.0 Å². The molecule has 1 heterocycles. The number of sulfonamides is 1. The summed E-state index contributed by atoms with van der Waals surface area (Å²) in [6.45, 7) is 2.50. The number of piperidine rings is 1. The molecule has 3 rings (SSSR count). The lowest BCUT2D eigenvalue weighted by molar-refractivity contribution is 0.0993. The highest BCUT2D eigenvalue weighted by molar-refractivity contribution is 7.89. The molecule has 6 heteroatoms. The van der Waals surface area contributed by atoms with Crippen LogP contribution in [0.15, 0.2) is 59.5 Å². The highest BCUT2D eigenvalue weighted by atomic mass is 32.2. The lowest BCUT2D eigenvalue weighted by Gasteiger charge is -2.32. The Morgan fingerprint density at radius 1 is 1.04 bits per heavy atom. The molecule has 26 heavy (non-hydrogen) atoms. The van der Waals surface area contributed by atoms with Crippen LogP contribution < -0.4 is 4.90 Å². The minimum atomic E-state index is -3.52. The summed E-state index contributed by atoms with van der Waals surface area (Å²) >= 11 is 0. The fraction of sp³-hybridized carbons (Fsp3) is 0.350. The molecule has 0 spiro atoms. The molecule has 1 amide bonds. The fourth-order valence-electron chi connectivity index (χ4n) is 3.30. The second kappa shape index (κ2) is 7.60. The summed E-state index contributed by atoms with van der Waals surface area (Å²) in [4.78, 5) is 14.4. The van der Waals surface area contributed by atoms with Gasteiger partial charge in [0.2, 0.25) is 10.0 Å². The maximum absolute atomic E-state index is 12.9. The number of hydrogen-bond donors (Lipinski definition) is 0. The van der Waals surface area contributed by atoms with Crippen LogP contribution in [0.4, 0.5) is 5.69 Å². The topological polar surface area (TPSA) is 57.7 Å². The Kier molecular flexibility index (Phi) is 5.44. The summed E-state index contributed by atoms with van der Waals surface area (Å²) in [6, 6.07) is 15.6. The van der Waals surface area contributed by atoms with Crippen molar-refractivity contribution in [2.75, 3.05) is 18.5 Å². The summed E-state index contributed by atoms with van der Waals surface area (Å²) in [6.07, 6.45) is 2.84. The van der Waals surface area contributed by atoms with Gasteiger partial charge in [0, 0.05) is 30.9 Å². The second-order valence-corrected chi connectivity index (χ2v) is 8.58. The van der Waals surface area contributed by atoms with E-state index in [4.69, 9.17) is 0 Å². The van der Waals surface area contributed by atoms with Crippen molar-refractivity contribution in [2.24, 2.45) is 0 Å². The van der Waals surface area contributed by atoms with Gasteiger partial charge in [-0.2, -0.15) is 4.31 Å². The first-order chi connectivity index (χ1) is 12.4. The number of rotatable bonds is 4. The second-order valence-electron chi connectivity index (χ2n) is 6.68. The van der Waals surface area contributed by atoms with Crippen molar-refractivity contribution in [3.8, 4) is 0 Å². The van der Waals surface area contributed by atoms with Crippen LogP contribution in [0.25, 0.3) is 0 Å². The van der Waals surface area contributed by atoms with E-state index in [1.165, 1.54) is 12.1 Å². The number of para-hydroxylation sites is 1. The van der Waals surface area contributed by atoms with Crippen LogP contribution in [0, 0.1) is 0 Å². The first-order valence-corrected chi connectivity index (χ1v) is 10.3. The van der Waals surface area contributed by atoms with Gasteiger partial charge in [0.05, 0.1) is 4.90 Å². The molecule has 0 aromatic heterocycles. The minimum Gasteiger partial charge on any atom is -0.311 e. The van der Waals surface area contributed by atoms with Crippen LogP contribution in [0.5, 0.6) is 0 Å². The van der Waals surface area contributed by atoms with Crippen LogP contribution in [-0.4, -0.2) is 38.3 Å². The van der Waals surface area contributed by atoms with Gasteiger partial charge in [-0.15, -0.1) is 0 Å². The fourth-order valence-corrected chi connectivity index (χ4v) is 5.00. The molecule has 0 bridgehead atoms. The van der Waals surface area contributed by atoms with Crippen molar-refractivity contribution < 1.29 is 13.2 Å². The molecule has 1 fully saturated rings. The Labute approximate surface area is 155 Å². The van der Waals surface area contributed by atoms with E-state index >= 15 is 0 Å². The first kappa shape index (κ1) is 18.6. The van der Waals surface area contributed by atoms with E-state index in [-0.39, 0.29) is 16.8 Å². The van der Waals surface area contributed by atoms with Crippen molar-refractivity contribution in [2.45, 2.75) is 37.1 Å². The molecule has 5 nitrogen and oxygen atoms in total. The highest BCUT2D eigenvalue weighted by Gasteiger charge is 2.31. The lowest BCUT2D eigenvalue weighted by Crippen LogP contribution is -2.41. The van der Waals surface area contributed by atoms with Crippen LogP contribution in [0.3, 0.4) is 0 Å². The van der Waals surface area contributed by atoms with E-state index in [1.807, 2.05) is 37.3 Å². The number of benzene rings is 2. The largest absolute Gasteiger partial charge is 0.311 e. The van der Waals surface area contributed by atoms with Crippen molar-refractivity contribution in [3.63, 3.8) is 0 Å². The molecule has 0 aliphatic carbocycles. The number of amides is 1. The van der Waals surface area contributed by atoms with Gasteiger partial charge >= 0.3 is 0 Å². The van der Waals surface area contributed by atoms with E-state index in [0.29, 0.717) is 12.1 Å². The highest BCUT2D eigenvalue weighted by Crippen LogP contribution is 2.25. The summed E-state index contributed by atoms with van der Waals surface area (Å²) in [5.41, 5.74) is 1.25. The van der Waals surface area contributed by atoms with Gasteiger partial charge in [0.1, 0.15) is 0 Å². The van der Waals surface area contributed by atoms with Gasteiger partial charge in [0.25, 0.3) is 5.91 Å². The first-order valence-electron chi connectivity index (χ1n) is 8.86. The molecule has 1 aliphatic heterocycles. The van der Waals surface area contributed by atoms with Crippen LogP contribution in [0.2, 0.25) is 0 Å². The van der Waals surface area contributed by atoms with E-state index in [2.05, 4.69) is 0 Å². The molecule has 1 saturated heterocycles. The predicted molar refractivity (Wildman–Crippen MR) is 103 cm³/mol. The Bertz CT molecular complexity index is 864. The molecular formula is C20H24N2O3S. The zero-order valence-corrected chi connectivity index (χ0v) is 15.9. The lowest BCUT2D eigenvalue weighted by atomic mass is 10.1. The van der Waals surface area contributed by atoms with Gasteiger partial charge in [-0.1, -0.05) is 24.6 Å². The van der Waals surface area contributed by atoms with Gasteiger partial charge in [-0.05, 0) is 56.2 Å². The molecule has 138 valence electrons. The number of anilines is 1. The molecule has 0 saturated carbocycles. The van der Waals surface area contributed by atoms with E-state index in [9.17, 15) is 13.2 Å². The summed E-state index contributed by atoms with van der Waals surface area (Å²) < 4.78 is 27.3. The molecular weight excluding hydrogens is 348 g/mol. The van der Waals surface area contributed by atoms with Crippen molar-refractivity contribution in [3.05, 3.63) is 60.2 Å². The number of carbonyl (C=O) groups is 1. The third-order valence-corrected chi connectivity index (χ3v) is 6.93. The minimum absolute atomic E-state index is 0.0132. The van der Waals surface area contributed by atoms with E-state index in [1.54, 1.807) is 28.4 Å². The standard InChI is InChI=1S/C20H24N2O3S/c1-16-8-6-7-15-22(16)26(24,25)19-13-11-17(12-14-19)20(23)21(2)18-9-4-3-5-10-18/h3-5,9-14,16H,6-8,15H2,1-2H3. The monoisotopic (exact) mass is 372 g/mol. The third kappa shape index (κ3) is 3.66. The normalized spacial score (nSPS) is 18.5. The molecule has 2 aromatic rings. The van der Waals surface area contributed by atoms with Crippen molar-refractivity contribution >= 4 is 21.6 Å². The van der Waals surface area contributed by atoms with Gasteiger partial charge in [-0.25, -0.2) is 8.42 Å². The molecule has 0 N–H and O–H groups in total. The SMILES string of the molecule is CC1CCCCN1S(=O)(=O)c1ccc(C(=O)N(C)c2ccccc2)cc1. The maximum atomic E-state index is 12.9. The predicted octanol–water partition coefficient (Wildman–Crippen LogP) is 3.53. The Hall–Kier alpha value is -2.18. The Morgan fingerprint density at radius 3 is 2.31 bits per heavy atom. The number of carbonyl (C=O) groups excluding carboxylic acids is 1. The van der Waals surface area contributed by atoms with Gasteiger partial charge < -0.3 is 4.90 Å². The quantitative estimate of drug-likeness (QED) is 0.825. The summed E-state index contributed by atoms with van der Waals surface area (Å²) in [5, 5.41) is 0. The van der Waals surface area contributed by atoms with E-state index in [0.717, 1.165) is 24.9 Å². The molecule has 1 atom stereocenters. The molecule has 1 aliphatic rings. The Balaban J connectivity index is 1.81. The van der Waals surface area contributed by atoms with E-state index < -0.39 is 10.0 Å². The molecule has 1 unspecified atom stereocenters. The molecule has 2 aromatic carbocycles. The smallest absolute Gasteiger partial charge is 0.258 e. The van der Waals surface area contributed by atoms with Crippen LogP contribution in [0.1, 0.15) is 36.5 Å². The average Bonchev–Trinajstić information content (AvgIpc) is 2.68. The van der Waals surface area contributed by atoms with Crippen molar-refractivity contribution in [1.29, 1.82) is 0 Å². The Morgan fingerprint density at radius 2 is 1.69 bits per heavy atom. The maximum Gasteiger partial charge on any atom is 0.258 e. The van der Waals surface area contributed by atoms with Crippen molar-refractivity contribution in [1.82, 2.24) is 4.31 Å². The van der Waals surface area contributed by atoms with Gasteiger partial charge in [0.15, 0.2) is 0 Å². The zero-order chi connectivity index (χ0) is 18.7. The average molecular weight is 372 g/mol. The third-order valence-electron chi connectivity index (χ3n) is 4.90. The number of nitrogens with zero attached hydrogens (tertiary/aromatic N) is 2. The summed E-state index contributed by atoms with van der Waals surface area (Å²) in [7, 11) is -1.81. The summed E-state index contributed by atoms with van der Waals surface area (Å²) in [5.74, 6) is -0.175.